The number of hydrogen-bond acceptors (Lipinski definition) is 13. The van der Waals surface area contributed by atoms with Crippen LogP contribution in [0, 0.1) is 5.92 Å². The summed E-state index contributed by atoms with van der Waals surface area (Å²) in [5.41, 5.74) is 3.60. The van der Waals surface area contributed by atoms with E-state index in [2.05, 4.69) is 53.1 Å². The highest BCUT2D eigenvalue weighted by atomic mass is 16.3. The first-order valence-corrected chi connectivity index (χ1v) is 18.8. The first kappa shape index (κ1) is 35.5. The fraction of sp³-hybridized carbons (Fsp3) is 0.474. The molecule has 4 saturated heterocycles. The van der Waals surface area contributed by atoms with E-state index >= 15 is 0 Å². The van der Waals surface area contributed by atoms with Crippen molar-refractivity contribution in [2.75, 3.05) is 66.2 Å². The van der Waals surface area contributed by atoms with Gasteiger partial charge in [-0.15, -0.1) is 10.2 Å². The lowest BCUT2D eigenvalue weighted by atomic mass is 9.89. The number of fused-ring (bicyclic) bond motifs is 1. The fourth-order valence-electron chi connectivity index (χ4n) is 8.49. The molecule has 8 rings (SSSR count). The van der Waals surface area contributed by atoms with Gasteiger partial charge in [0.1, 0.15) is 6.04 Å². The van der Waals surface area contributed by atoms with E-state index in [9.17, 15) is 29.1 Å². The van der Waals surface area contributed by atoms with Gasteiger partial charge in [-0.25, -0.2) is 0 Å². The first-order chi connectivity index (χ1) is 26.2. The molecule has 16 nitrogen and oxygen atoms in total. The number of likely N-dealkylation sites (tertiary alicyclic amines) is 1. The number of aliphatic hydroxyl groups is 1. The van der Waals surface area contributed by atoms with Gasteiger partial charge in [-0.05, 0) is 99.3 Å². The Labute approximate surface area is 312 Å². The molecule has 282 valence electrons. The average molecular weight is 737 g/mol. The van der Waals surface area contributed by atoms with Crippen molar-refractivity contribution in [3.05, 3.63) is 59.2 Å². The maximum atomic E-state index is 13.3. The van der Waals surface area contributed by atoms with Gasteiger partial charge in [0.05, 0.1) is 17.2 Å². The van der Waals surface area contributed by atoms with Crippen molar-refractivity contribution in [3.63, 3.8) is 0 Å². The molecule has 0 spiro atoms. The van der Waals surface area contributed by atoms with Crippen LogP contribution in [0.1, 0.15) is 77.1 Å². The number of aliphatic hydroxyl groups excluding tert-OH is 1. The predicted octanol–water partition coefficient (Wildman–Crippen LogP) is 2.25. The minimum Gasteiger partial charge on any atom is -0.391 e. The minimum absolute atomic E-state index is 0.0920. The lowest BCUT2D eigenvalue weighted by Crippen LogP contribution is -2.54. The number of carbonyl (C=O) groups is 5. The highest BCUT2D eigenvalue weighted by Gasteiger charge is 2.45. The molecule has 0 bridgehead atoms. The molecule has 54 heavy (non-hydrogen) atoms. The minimum atomic E-state index is -0.972. The van der Waals surface area contributed by atoms with Crippen molar-refractivity contribution in [1.29, 1.82) is 0 Å². The number of imide groups is 2. The summed E-state index contributed by atoms with van der Waals surface area (Å²) in [5, 5.41) is 26.5. The quantitative estimate of drug-likeness (QED) is 0.175. The largest absolute Gasteiger partial charge is 0.391 e. The van der Waals surface area contributed by atoms with Gasteiger partial charge in [-0.1, -0.05) is 12.1 Å². The Kier molecular flexibility index (Phi) is 9.94. The number of nitrogens with zero attached hydrogens (tertiary/aromatic N) is 7. The van der Waals surface area contributed by atoms with E-state index in [0.717, 1.165) is 87.6 Å². The molecule has 3 atom stereocenters. The molecular weight excluding hydrogens is 692 g/mol. The van der Waals surface area contributed by atoms with Crippen LogP contribution in [0.2, 0.25) is 0 Å². The molecule has 5 aliphatic rings. The fourth-order valence-corrected chi connectivity index (χ4v) is 8.49. The van der Waals surface area contributed by atoms with Crippen molar-refractivity contribution in [3.8, 4) is 0 Å². The Hall–Kier alpha value is -5.48. The molecule has 16 heteroatoms. The number of carbonyl (C=O) groups excluding carboxylic acids is 5. The topological polar surface area (TPSA) is 193 Å². The summed E-state index contributed by atoms with van der Waals surface area (Å²) >= 11 is 0. The number of rotatable bonds is 10. The van der Waals surface area contributed by atoms with Crippen molar-refractivity contribution in [2.24, 2.45) is 5.92 Å². The second-order valence-electron chi connectivity index (χ2n) is 14.9. The van der Waals surface area contributed by atoms with Crippen molar-refractivity contribution >= 4 is 59.0 Å². The van der Waals surface area contributed by atoms with Crippen LogP contribution in [0.4, 0.5) is 29.0 Å². The van der Waals surface area contributed by atoms with Crippen LogP contribution >= 0.6 is 0 Å². The van der Waals surface area contributed by atoms with Crippen molar-refractivity contribution < 1.29 is 29.1 Å². The van der Waals surface area contributed by atoms with Crippen LogP contribution in [-0.2, 0) is 14.4 Å². The summed E-state index contributed by atoms with van der Waals surface area (Å²) in [6.07, 6.45) is 5.07. The molecule has 4 N–H and O–H groups in total. The van der Waals surface area contributed by atoms with Crippen LogP contribution in [0.5, 0.6) is 0 Å². The van der Waals surface area contributed by atoms with E-state index in [4.69, 9.17) is 0 Å². The van der Waals surface area contributed by atoms with Crippen LogP contribution in [0.3, 0.4) is 0 Å². The Morgan fingerprint density at radius 1 is 0.833 bits per heavy atom. The summed E-state index contributed by atoms with van der Waals surface area (Å²) in [6.45, 7) is 5.90. The molecule has 2 unspecified atom stereocenters. The normalized spacial score (nSPS) is 23.8. The molecule has 5 amide bonds. The SMILES string of the molecule is O=CNc1nnc(N2CCC[C@@H](O)C2)nc1Nc1ccc(C2CCN(CC3CCN(c4ccc5c(c4)C(=O)N(C4CCC(=O)NC4=O)C5=O)C3)CC2)cc1. The van der Waals surface area contributed by atoms with E-state index in [1.165, 1.54) is 5.56 Å². The van der Waals surface area contributed by atoms with Gasteiger partial charge in [0, 0.05) is 50.5 Å². The average Bonchev–Trinajstić information content (AvgIpc) is 3.74. The molecule has 2 aromatic carbocycles. The molecule has 5 aliphatic heterocycles. The monoisotopic (exact) mass is 736 g/mol. The van der Waals surface area contributed by atoms with Crippen LogP contribution in [0.15, 0.2) is 42.5 Å². The standard InChI is InChI=1S/C38H44N10O6/c49-22-39-33-34(42-38(44-43-33)47-14-1-2-28(50)21-47)40-26-5-3-24(4-6-26)25-12-15-45(16-13-25)19-23-11-17-46(20-23)27-7-8-29-30(18-27)37(54)48(36(29)53)31-9-10-32(51)41-35(31)52/h3-8,18,22-23,25,28,31,50H,1-2,9-17,19-21H2,(H,39,43,49)(H,40,42,44)(H,41,51,52)/t23?,28-,31?/m1/s1. The predicted molar refractivity (Wildman–Crippen MR) is 199 cm³/mol. The van der Waals surface area contributed by atoms with Gasteiger partial charge in [0.15, 0.2) is 11.6 Å². The van der Waals surface area contributed by atoms with E-state index in [-0.39, 0.29) is 18.7 Å². The van der Waals surface area contributed by atoms with Crippen LogP contribution in [0.25, 0.3) is 0 Å². The number of aromatic nitrogens is 3. The zero-order valence-electron chi connectivity index (χ0n) is 29.9. The van der Waals surface area contributed by atoms with Gasteiger partial charge in [0.25, 0.3) is 11.8 Å². The molecule has 0 aliphatic carbocycles. The molecule has 1 aromatic heterocycles. The van der Waals surface area contributed by atoms with Gasteiger partial charge in [0.2, 0.25) is 24.2 Å². The number of hydrogen-bond donors (Lipinski definition) is 4. The van der Waals surface area contributed by atoms with Crippen molar-refractivity contribution in [2.45, 2.75) is 63.0 Å². The Morgan fingerprint density at radius 3 is 2.39 bits per heavy atom. The lowest BCUT2D eigenvalue weighted by molar-refractivity contribution is -0.136. The van der Waals surface area contributed by atoms with E-state index < -0.39 is 35.8 Å². The summed E-state index contributed by atoms with van der Waals surface area (Å²) < 4.78 is 0. The van der Waals surface area contributed by atoms with Gasteiger partial charge in [-0.3, -0.25) is 34.2 Å². The highest BCUT2D eigenvalue weighted by molar-refractivity contribution is 6.23. The van der Waals surface area contributed by atoms with Gasteiger partial charge < -0.3 is 30.4 Å². The molecule has 3 aromatic rings. The summed E-state index contributed by atoms with van der Waals surface area (Å²) in [7, 11) is 0. The highest BCUT2D eigenvalue weighted by Crippen LogP contribution is 2.34. The summed E-state index contributed by atoms with van der Waals surface area (Å²) in [4.78, 5) is 74.1. The smallest absolute Gasteiger partial charge is 0.262 e. The molecular formula is C38H44N10O6. The summed E-state index contributed by atoms with van der Waals surface area (Å²) in [5.74, 6) is -0.0257. The van der Waals surface area contributed by atoms with E-state index in [1.54, 1.807) is 12.1 Å². The molecule has 6 heterocycles. The summed E-state index contributed by atoms with van der Waals surface area (Å²) in [6, 6.07) is 12.7. The zero-order valence-corrected chi connectivity index (χ0v) is 29.9. The van der Waals surface area contributed by atoms with Gasteiger partial charge in [-0.2, -0.15) is 4.98 Å². The van der Waals surface area contributed by atoms with E-state index in [0.29, 0.717) is 47.7 Å². The maximum absolute atomic E-state index is 13.3. The number of amides is 5. The Balaban J connectivity index is 0.833. The number of anilines is 5. The van der Waals surface area contributed by atoms with Crippen LogP contribution in [-0.4, -0.2) is 118 Å². The maximum Gasteiger partial charge on any atom is 0.262 e. The third-order valence-electron chi connectivity index (χ3n) is 11.4. The molecule has 0 saturated carbocycles. The number of benzene rings is 2. The Morgan fingerprint density at radius 2 is 1.63 bits per heavy atom. The lowest BCUT2D eigenvalue weighted by Gasteiger charge is -2.34. The van der Waals surface area contributed by atoms with Gasteiger partial charge >= 0.3 is 0 Å². The third kappa shape index (κ3) is 7.22. The molecule has 0 radical (unpaired) electrons. The zero-order chi connectivity index (χ0) is 37.3. The number of nitrogens with one attached hydrogen (secondary N) is 3. The van der Waals surface area contributed by atoms with E-state index in [1.807, 2.05) is 23.1 Å². The van der Waals surface area contributed by atoms with Crippen molar-refractivity contribution in [1.82, 2.24) is 30.3 Å². The Bertz CT molecular complexity index is 1950. The van der Waals surface area contributed by atoms with Crippen LogP contribution < -0.4 is 25.8 Å². The molecule has 4 fully saturated rings. The second-order valence-corrected chi connectivity index (χ2v) is 14.9. The third-order valence-corrected chi connectivity index (χ3v) is 11.4. The first-order valence-electron chi connectivity index (χ1n) is 18.8. The number of piperidine rings is 3. The second kappa shape index (κ2) is 15.1. The number of β-amino-alcohol motifs (C(OH)–C–C–N with tert-alkyl or cyclic N) is 1.